The Kier molecular flexibility index (Phi) is 3.66. The molecule has 19 heavy (non-hydrogen) atoms. The van der Waals surface area contributed by atoms with Gasteiger partial charge in [0, 0.05) is 0 Å². The third kappa shape index (κ3) is 2.51. The van der Waals surface area contributed by atoms with Crippen LogP contribution in [0, 0.1) is 16.7 Å². The largest absolute Gasteiger partial charge is 0.387 e. The van der Waals surface area contributed by atoms with Crippen molar-refractivity contribution >= 4 is 9.84 Å². The van der Waals surface area contributed by atoms with Gasteiger partial charge in [0.15, 0.2) is 9.84 Å². The molecule has 1 heterocycles. The van der Waals surface area contributed by atoms with Crippen LogP contribution in [0.1, 0.15) is 30.6 Å². The lowest BCUT2D eigenvalue weighted by molar-refractivity contribution is 0.0785. The van der Waals surface area contributed by atoms with Gasteiger partial charge in [-0.1, -0.05) is 31.2 Å². The number of aliphatic hydroxyl groups is 1. The smallest absolute Gasteiger partial charge is 0.152 e. The first-order valence-corrected chi connectivity index (χ1v) is 8.14. The van der Waals surface area contributed by atoms with E-state index < -0.39 is 21.4 Å². The summed E-state index contributed by atoms with van der Waals surface area (Å²) in [5.41, 5.74) is 0.418. The molecule has 0 bridgehead atoms. The number of benzene rings is 1. The number of nitriles is 1. The van der Waals surface area contributed by atoms with E-state index in [-0.39, 0.29) is 17.9 Å². The maximum absolute atomic E-state index is 11.6. The third-order valence-corrected chi connectivity index (χ3v) is 5.59. The van der Waals surface area contributed by atoms with Gasteiger partial charge in [-0.25, -0.2) is 8.42 Å². The van der Waals surface area contributed by atoms with E-state index in [0.29, 0.717) is 5.56 Å². The molecule has 0 amide bonds. The molecule has 5 heteroatoms. The van der Waals surface area contributed by atoms with Crippen molar-refractivity contribution in [2.45, 2.75) is 25.9 Å². The third-order valence-electron chi connectivity index (χ3n) is 3.81. The van der Waals surface area contributed by atoms with Crippen LogP contribution in [-0.2, 0) is 16.3 Å². The minimum absolute atomic E-state index is 0.0219. The lowest BCUT2D eigenvalue weighted by Gasteiger charge is -2.27. The van der Waals surface area contributed by atoms with Gasteiger partial charge >= 0.3 is 0 Å². The van der Waals surface area contributed by atoms with Crippen molar-refractivity contribution in [3.05, 3.63) is 35.4 Å². The molecule has 0 aliphatic carbocycles. The molecule has 1 fully saturated rings. The molecule has 0 saturated carbocycles. The van der Waals surface area contributed by atoms with Crippen LogP contribution in [0.15, 0.2) is 24.3 Å². The van der Waals surface area contributed by atoms with E-state index in [9.17, 15) is 18.8 Å². The Hall–Kier alpha value is -1.38. The molecule has 0 radical (unpaired) electrons. The van der Waals surface area contributed by atoms with Gasteiger partial charge in [-0.3, -0.25) is 0 Å². The fourth-order valence-electron chi connectivity index (χ4n) is 2.66. The van der Waals surface area contributed by atoms with Gasteiger partial charge in [0.05, 0.1) is 23.7 Å². The number of hydrogen-bond acceptors (Lipinski definition) is 4. The fourth-order valence-corrected chi connectivity index (χ4v) is 4.63. The normalized spacial score (nSPS) is 26.8. The second kappa shape index (κ2) is 4.95. The maximum atomic E-state index is 11.6. The first-order valence-electron chi connectivity index (χ1n) is 6.31. The van der Waals surface area contributed by atoms with Crippen molar-refractivity contribution in [3.8, 4) is 6.07 Å². The summed E-state index contributed by atoms with van der Waals surface area (Å²) in [5.74, 6) is -0.276. The SMILES string of the molecule is CCc1ccccc1C(O)C1(C#N)CCS(=O)(=O)C1. The van der Waals surface area contributed by atoms with Crippen molar-refractivity contribution in [2.75, 3.05) is 11.5 Å². The van der Waals surface area contributed by atoms with E-state index in [2.05, 4.69) is 6.07 Å². The van der Waals surface area contributed by atoms with E-state index in [0.717, 1.165) is 12.0 Å². The number of sulfone groups is 1. The Morgan fingerprint density at radius 1 is 1.47 bits per heavy atom. The van der Waals surface area contributed by atoms with E-state index in [4.69, 9.17) is 0 Å². The summed E-state index contributed by atoms with van der Waals surface area (Å²) in [4.78, 5) is 0. The van der Waals surface area contributed by atoms with E-state index in [1.54, 1.807) is 12.1 Å². The van der Waals surface area contributed by atoms with E-state index >= 15 is 0 Å². The summed E-state index contributed by atoms with van der Waals surface area (Å²) in [5, 5.41) is 19.9. The molecule has 0 aromatic heterocycles. The highest BCUT2D eigenvalue weighted by Gasteiger charge is 2.48. The minimum atomic E-state index is -3.22. The van der Waals surface area contributed by atoms with Crippen LogP contribution < -0.4 is 0 Å². The van der Waals surface area contributed by atoms with Crippen molar-refractivity contribution in [2.24, 2.45) is 5.41 Å². The Balaban J connectivity index is 2.43. The van der Waals surface area contributed by atoms with Crippen LogP contribution in [0.25, 0.3) is 0 Å². The Morgan fingerprint density at radius 2 is 2.16 bits per heavy atom. The number of aliphatic hydroxyl groups excluding tert-OH is 1. The van der Waals surface area contributed by atoms with Gasteiger partial charge in [0.2, 0.25) is 0 Å². The summed E-state index contributed by atoms with van der Waals surface area (Å²) >= 11 is 0. The van der Waals surface area contributed by atoms with E-state index in [1.807, 2.05) is 19.1 Å². The van der Waals surface area contributed by atoms with Crippen LogP contribution in [0.4, 0.5) is 0 Å². The molecule has 1 saturated heterocycles. The van der Waals surface area contributed by atoms with Crippen LogP contribution in [0.3, 0.4) is 0 Å². The van der Waals surface area contributed by atoms with Crippen LogP contribution in [0.2, 0.25) is 0 Å². The molecule has 1 aromatic rings. The number of hydrogen-bond donors (Lipinski definition) is 1. The van der Waals surface area contributed by atoms with Gasteiger partial charge in [0.25, 0.3) is 0 Å². The summed E-state index contributed by atoms with van der Waals surface area (Å²) in [7, 11) is -3.22. The Labute approximate surface area is 113 Å². The fraction of sp³-hybridized carbons (Fsp3) is 0.500. The molecule has 1 aliphatic rings. The van der Waals surface area contributed by atoms with Crippen LogP contribution in [-0.4, -0.2) is 25.0 Å². The molecule has 1 N–H and O–H groups in total. The average Bonchev–Trinajstić information content (AvgIpc) is 2.74. The summed E-state index contributed by atoms with van der Waals surface area (Å²) in [6.07, 6.45) is -0.113. The maximum Gasteiger partial charge on any atom is 0.152 e. The zero-order chi connectivity index (χ0) is 14.1. The predicted octanol–water partition coefficient (Wildman–Crippen LogP) is 1.61. The lowest BCUT2D eigenvalue weighted by atomic mass is 9.78. The lowest BCUT2D eigenvalue weighted by Crippen LogP contribution is -2.29. The highest BCUT2D eigenvalue weighted by molar-refractivity contribution is 7.91. The zero-order valence-corrected chi connectivity index (χ0v) is 11.7. The second-order valence-electron chi connectivity index (χ2n) is 5.06. The molecule has 2 atom stereocenters. The van der Waals surface area contributed by atoms with Crippen LogP contribution >= 0.6 is 0 Å². The molecule has 2 unspecified atom stereocenters. The first-order chi connectivity index (χ1) is 8.94. The standard InChI is InChI=1S/C14H17NO3S/c1-2-11-5-3-4-6-12(11)13(16)14(9-15)7-8-19(17,18)10-14/h3-6,13,16H,2,7-8,10H2,1H3. The first kappa shape index (κ1) is 14.0. The predicted molar refractivity (Wildman–Crippen MR) is 72.1 cm³/mol. The van der Waals surface area contributed by atoms with Crippen molar-refractivity contribution in [1.29, 1.82) is 5.26 Å². The highest BCUT2D eigenvalue weighted by Crippen LogP contribution is 2.43. The zero-order valence-electron chi connectivity index (χ0n) is 10.8. The molecule has 1 aliphatic heterocycles. The summed E-state index contributed by atoms with van der Waals surface area (Å²) < 4.78 is 23.3. The van der Waals surface area contributed by atoms with Crippen LogP contribution in [0.5, 0.6) is 0 Å². The van der Waals surface area contributed by atoms with Gasteiger partial charge in [-0.15, -0.1) is 0 Å². The Bertz CT molecular complexity index is 618. The van der Waals surface area contributed by atoms with Gasteiger partial charge < -0.3 is 5.11 Å². The second-order valence-corrected chi connectivity index (χ2v) is 7.25. The van der Waals surface area contributed by atoms with Crippen molar-refractivity contribution in [1.82, 2.24) is 0 Å². The number of aryl methyl sites for hydroxylation is 1. The summed E-state index contributed by atoms with van der Waals surface area (Å²) in [6, 6.07) is 9.39. The topological polar surface area (TPSA) is 78.2 Å². The molecule has 1 aromatic carbocycles. The molecule has 2 rings (SSSR count). The molecular formula is C14H17NO3S. The molecule has 102 valence electrons. The van der Waals surface area contributed by atoms with E-state index in [1.165, 1.54) is 0 Å². The van der Waals surface area contributed by atoms with Gasteiger partial charge in [-0.2, -0.15) is 5.26 Å². The van der Waals surface area contributed by atoms with Gasteiger partial charge in [0.1, 0.15) is 5.41 Å². The monoisotopic (exact) mass is 279 g/mol. The minimum Gasteiger partial charge on any atom is -0.387 e. The average molecular weight is 279 g/mol. The molecular weight excluding hydrogens is 262 g/mol. The van der Waals surface area contributed by atoms with Gasteiger partial charge in [-0.05, 0) is 24.0 Å². The number of rotatable bonds is 3. The van der Waals surface area contributed by atoms with Crippen molar-refractivity contribution < 1.29 is 13.5 Å². The Morgan fingerprint density at radius 3 is 2.68 bits per heavy atom. The molecule has 4 nitrogen and oxygen atoms in total. The summed E-state index contributed by atoms with van der Waals surface area (Å²) in [6.45, 7) is 1.97. The quantitative estimate of drug-likeness (QED) is 0.911. The van der Waals surface area contributed by atoms with Crippen molar-refractivity contribution in [3.63, 3.8) is 0 Å². The number of nitrogens with zero attached hydrogens (tertiary/aromatic N) is 1. The molecule has 0 spiro atoms. The highest BCUT2D eigenvalue weighted by atomic mass is 32.2.